The molecule has 1 fully saturated rings. The van der Waals surface area contributed by atoms with Crippen molar-refractivity contribution in [3.8, 4) is 0 Å². The molecule has 1 aliphatic rings. The minimum Gasteiger partial charge on any atom is -0.343 e. The van der Waals surface area contributed by atoms with Crippen molar-refractivity contribution in [1.82, 2.24) is 14.7 Å². The zero-order valence-electron chi connectivity index (χ0n) is 14.1. The summed E-state index contributed by atoms with van der Waals surface area (Å²) in [5, 5.41) is 4.43. The van der Waals surface area contributed by atoms with Crippen LogP contribution in [-0.4, -0.2) is 33.7 Å². The summed E-state index contributed by atoms with van der Waals surface area (Å²) in [6.45, 7) is 6.38. The summed E-state index contributed by atoms with van der Waals surface area (Å²) in [6.07, 6.45) is 6.38. The SMILES string of the molecule is Cc1nn(C)c(C)c1CCC(=O)N(C)C1CCCCC1C. The highest BCUT2D eigenvalue weighted by molar-refractivity contribution is 5.76. The van der Waals surface area contributed by atoms with E-state index in [0.717, 1.165) is 18.5 Å². The molecule has 1 aliphatic carbocycles. The van der Waals surface area contributed by atoms with Gasteiger partial charge in [-0.1, -0.05) is 19.8 Å². The van der Waals surface area contributed by atoms with Crippen LogP contribution in [0.3, 0.4) is 0 Å². The van der Waals surface area contributed by atoms with Crippen LogP contribution in [0.2, 0.25) is 0 Å². The van der Waals surface area contributed by atoms with Crippen LogP contribution in [0.25, 0.3) is 0 Å². The number of amides is 1. The molecule has 2 rings (SSSR count). The van der Waals surface area contributed by atoms with Crippen LogP contribution in [0.4, 0.5) is 0 Å². The molecule has 0 bridgehead atoms. The molecule has 118 valence electrons. The first kappa shape index (κ1) is 16.1. The summed E-state index contributed by atoms with van der Waals surface area (Å²) >= 11 is 0. The highest BCUT2D eigenvalue weighted by Crippen LogP contribution is 2.28. The van der Waals surface area contributed by atoms with Crippen LogP contribution >= 0.6 is 0 Å². The van der Waals surface area contributed by atoms with Crippen molar-refractivity contribution in [1.29, 1.82) is 0 Å². The number of carbonyl (C=O) groups excluding carboxylic acids is 1. The molecule has 0 spiro atoms. The van der Waals surface area contributed by atoms with Gasteiger partial charge < -0.3 is 4.90 Å². The van der Waals surface area contributed by atoms with Crippen LogP contribution < -0.4 is 0 Å². The lowest BCUT2D eigenvalue weighted by Gasteiger charge is -2.36. The van der Waals surface area contributed by atoms with E-state index in [0.29, 0.717) is 18.4 Å². The number of aromatic nitrogens is 2. The van der Waals surface area contributed by atoms with Gasteiger partial charge >= 0.3 is 0 Å². The Balaban J connectivity index is 1.94. The largest absolute Gasteiger partial charge is 0.343 e. The third-order valence-electron chi connectivity index (χ3n) is 5.20. The third-order valence-corrected chi connectivity index (χ3v) is 5.20. The van der Waals surface area contributed by atoms with Crippen LogP contribution in [0.1, 0.15) is 56.0 Å². The lowest BCUT2D eigenvalue weighted by molar-refractivity contribution is -0.133. The monoisotopic (exact) mass is 291 g/mol. The lowest BCUT2D eigenvalue weighted by atomic mass is 9.85. The first-order valence-corrected chi connectivity index (χ1v) is 8.16. The first-order chi connectivity index (χ1) is 9.91. The minimum absolute atomic E-state index is 0.274. The van der Waals surface area contributed by atoms with Gasteiger partial charge in [0.05, 0.1) is 5.69 Å². The molecule has 0 aliphatic heterocycles. The third kappa shape index (κ3) is 3.47. The van der Waals surface area contributed by atoms with Crippen LogP contribution in [-0.2, 0) is 18.3 Å². The molecule has 0 radical (unpaired) electrons. The number of carbonyl (C=O) groups is 1. The smallest absolute Gasteiger partial charge is 0.222 e. The van der Waals surface area contributed by atoms with E-state index in [1.54, 1.807) is 0 Å². The average molecular weight is 291 g/mol. The van der Waals surface area contributed by atoms with Gasteiger partial charge in [-0.2, -0.15) is 5.10 Å². The zero-order valence-corrected chi connectivity index (χ0v) is 14.1. The van der Waals surface area contributed by atoms with Crippen LogP contribution in [0.5, 0.6) is 0 Å². The molecule has 1 saturated carbocycles. The summed E-state index contributed by atoms with van der Waals surface area (Å²) < 4.78 is 1.90. The second-order valence-electron chi connectivity index (χ2n) is 6.61. The van der Waals surface area contributed by atoms with Gasteiger partial charge in [0.25, 0.3) is 0 Å². The summed E-state index contributed by atoms with van der Waals surface area (Å²) in [4.78, 5) is 14.5. The molecule has 21 heavy (non-hydrogen) atoms. The molecule has 1 amide bonds. The quantitative estimate of drug-likeness (QED) is 0.855. The van der Waals surface area contributed by atoms with Crippen molar-refractivity contribution < 1.29 is 4.79 Å². The molecule has 0 aromatic carbocycles. The van der Waals surface area contributed by atoms with Crippen LogP contribution in [0.15, 0.2) is 0 Å². The Kier molecular flexibility index (Phi) is 5.07. The van der Waals surface area contributed by atoms with E-state index in [2.05, 4.69) is 18.9 Å². The molecular formula is C17H29N3O. The highest BCUT2D eigenvalue weighted by Gasteiger charge is 2.27. The second kappa shape index (κ2) is 6.63. The maximum atomic E-state index is 12.5. The fourth-order valence-corrected chi connectivity index (χ4v) is 3.64. The average Bonchev–Trinajstić information content (AvgIpc) is 2.69. The van der Waals surface area contributed by atoms with Gasteiger partial charge in [0.2, 0.25) is 5.91 Å². The molecule has 2 unspecified atom stereocenters. The minimum atomic E-state index is 0.274. The first-order valence-electron chi connectivity index (χ1n) is 8.16. The zero-order chi connectivity index (χ0) is 15.6. The van der Waals surface area contributed by atoms with Crippen molar-refractivity contribution in [3.05, 3.63) is 17.0 Å². The number of nitrogens with zero attached hydrogens (tertiary/aromatic N) is 3. The van der Waals surface area contributed by atoms with Crippen molar-refractivity contribution in [2.75, 3.05) is 7.05 Å². The molecule has 1 aromatic rings. The molecule has 0 N–H and O–H groups in total. The topological polar surface area (TPSA) is 38.1 Å². The Morgan fingerprint density at radius 1 is 1.33 bits per heavy atom. The van der Waals surface area contributed by atoms with E-state index in [9.17, 15) is 4.79 Å². The number of hydrogen-bond acceptors (Lipinski definition) is 2. The standard InChI is InChI=1S/C17H29N3O/c1-12-8-6-7-9-16(12)19(4)17(21)11-10-15-13(2)18-20(5)14(15)3/h12,16H,6-11H2,1-5H3. The Labute approximate surface area is 128 Å². The lowest BCUT2D eigenvalue weighted by Crippen LogP contribution is -2.42. The van der Waals surface area contributed by atoms with Gasteiger partial charge in [-0.05, 0) is 44.6 Å². The number of aryl methyl sites for hydroxylation is 2. The fourth-order valence-electron chi connectivity index (χ4n) is 3.64. The van der Waals surface area contributed by atoms with E-state index in [1.807, 2.05) is 30.6 Å². The molecule has 1 heterocycles. The van der Waals surface area contributed by atoms with Gasteiger partial charge in [0.15, 0.2) is 0 Å². The second-order valence-corrected chi connectivity index (χ2v) is 6.61. The predicted octanol–water partition coefficient (Wildman–Crippen LogP) is 3.01. The Bertz CT molecular complexity index is 506. The number of rotatable bonds is 4. The molecule has 1 aromatic heterocycles. The maximum Gasteiger partial charge on any atom is 0.222 e. The normalized spacial score (nSPS) is 22.3. The maximum absolute atomic E-state index is 12.5. The molecular weight excluding hydrogens is 262 g/mol. The Hall–Kier alpha value is -1.32. The summed E-state index contributed by atoms with van der Waals surface area (Å²) in [5.41, 5.74) is 3.46. The number of hydrogen-bond donors (Lipinski definition) is 0. The van der Waals surface area contributed by atoms with Crippen molar-refractivity contribution >= 4 is 5.91 Å². The molecule has 2 atom stereocenters. The van der Waals surface area contributed by atoms with E-state index in [4.69, 9.17) is 0 Å². The van der Waals surface area contributed by atoms with Gasteiger partial charge in [0.1, 0.15) is 0 Å². The van der Waals surface area contributed by atoms with Crippen molar-refractivity contribution in [3.63, 3.8) is 0 Å². The van der Waals surface area contributed by atoms with Gasteiger partial charge in [-0.3, -0.25) is 9.48 Å². The van der Waals surface area contributed by atoms with E-state index in [-0.39, 0.29) is 5.91 Å². The highest BCUT2D eigenvalue weighted by atomic mass is 16.2. The van der Waals surface area contributed by atoms with E-state index < -0.39 is 0 Å². The molecule has 0 saturated heterocycles. The summed E-state index contributed by atoms with van der Waals surface area (Å²) in [5.74, 6) is 0.908. The van der Waals surface area contributed by atoms with Gasteiger partial charge in [-0.15, -0.1) is 0 Å². The van der Waals surface area contributed by atoms with Crippen LogP contribution in [0, 0.1) is 19.8 Å². The van der Waals surface area contributed by atoms with E-state index >= 15 is 0 Å². The summed E-state index contributed by atoms with van der Waals surface area (Å²) in [7, 11) is 3.95. The summed E-state index contributed by atoms with van der Waals surface area (Å²) in [6, 6.07) is 0.433. The molecule has 4 heteroatoms. The van der Waals surface area contributed by atoms with Gasteiger partial charge in [0, 0.05) is 32.3 Å². The Morgan fingerprint density at radius 2 is 2.00 bits per heavy atom. The van der Waals surface area contributed by atoms with Gasteiger partial charge in [-0.25, -0.2) is 0 Å². The fraction of sp³-hybridized carbons (Fsp3) is 0.765. The Morgan fingerprint density at radius 3 is 2.57 bits per heavy atom. The van der Waals surface area contributed by atoms with Crippen molar-refractivity contribution in [2.24, 2.45) is 13.0 Å². The van der Waals surface area contributed by atoms with Crippen molar-refractivity contribution in [2.45, 2.75) is 65.3 Å². The van der Waals surface area contributed by atoms with E-state index in [1.165, 1.54) is 30.5 Å². The predicted molar refractivity (Wildman–Crippen MR) is 85.2 cm³/mol. The molecule has 4 nitrogen and oxygen atoms in total.